The van der Waals surface area contributed by atoms with Crippen LogP contribution in [0.2, 0.25) is 0 Å². The van der Waals surface area contributed by atoms with Gasteiger partial charge in [-0.1, -0.05) is 24.3 Å². The van der Waals surface area contributed by atoms with Crippen molar-refractivity contribution in [2.45, 2.75) is 27.0 Å². The van der Waals surface area contributed by atoms with Gasteiger partial charge in [-0.25, -0.2) is 4.39 Å². The summed E-state index contributed by atoms with van der Waals surface area (Å²) in [5, 5.41) is 10.6. The molecular weight excluding hydrogens is 401 g/mol. The van der Waals surface area contributed by atoms with Crippen LogP contribution in [-0.2, 0) is 6.54 Å². The summed E-state index contributed by atoms with van der Waals surface area (Å²) in [7, 11) is 0. The van der Waals surface area contributed by atoms with Crippen LogP contribution in [0.3, 0.4) is 0 Å². The van der Waals surface area contributed by atoms with Gasteiger partial charge in [-0.2, -0.15) is 13.9 Å². The summed E-state index contributed by atoms with van der Waals surface area (Å²) in [6.07, 6.45) is 0. The molecule has 1 aromatic heterocycles. The van der Waals surface area contributed by atoms with Crippen molar-refractivity contribution in [2.24, 2.45) is 0 Å². The van der Waals surface area contributed by atoms with E-state index in [9.17, 15) is 13.2 Å². The maximum atomic E-state index is 13.4. The average Bonchev–Trinajstić information content (AvgIpc) is 2.90. The smallest absolute Gasteiger partial charge is 0.387 e. The zero-order chi connectivity index (χ0) is 21.0. The quantitative estimate of drug-likeness (QED) is 0.544. The Balaban J connectivity index is 1.74. The lowest BCUT2D eigenvalue weighted by Crippen LogP contribution is -2.20. The molecule has 0 bridgehead atoms. The molecule has 0 aliphatic rings. The van der Waals surface area contributed by atoms with Crippen LogP contribution in [0.5, 0.6) is 5.75 Å². The molecule has 0 aliphatic heterocycles. The molecule has 29 heavy (non-hydrogen) atoms. The third-order valence-electron chi connectivity index (χ3n) is 4.19. The van der Waals surface area contributed by atoms with E-state index in [1.54, 1.807) is 28.9 Å². The van der Waals surface area contributed by atoms with Crippen molar-refractivity contribution in [3.05, 3.63) is 71.3 Å². The molecule has 5 nitrogen and oxygen atoms in total. The summed E-state index contributed by atoms with van der Waals surface area (Å²) < 4.78 is 44.8. The predicted octanol–water partition coefficient (Wildman–Crippen LogP) is 5.10. The van der Waals surface area contributed by atoms with E-state index in [2.05, 4.69) is 20.5 Å². The van der Waals surface area contributed by atoms with Gasteiger partial charge >= 0.3 is 6.61 Å². The molecule has 0 unspecified atom stereocenters. The first-order valence-electron chi connectivity index (χ1n) is 8.74. The lowest BCUT2D eigenvalue weighted by Gasteiger charge is -2.14. The van der Waals surface area contributed by atoms with Gasteiger partial charge in [0, 0.05) is 0 Å². The zero-order valence-corrected chi connectivity index (χ0v) is 16.6. The topological polar surface area (TPSA) is 51.1 Å². The highest BCUT2D eigenvalue weighted by Crippen LogP contribution is 2.26. The highest BCUT2D eigenvalue weighted by molar-refractivity contribution is 7.80. The van der Waals surface area contributed by atoms with E-state index in [1.165, 1.54) is 18.2 Å². The molecule has 0 atom stereocenters. The van der Waals surface area contributed by atoms with Crippen LogP contribution in [0.15, 0.2) is 48.5 Å². The summed E-state index contributed by atoms with van der Waals surface area (Å²) in [5.74, 6) is -0.320. The van der Waals surface area contributed by atoms with Crippen LogP contribution in [0.1, 0.15) is 17.0 Å². The van der Waals surface area contributed by atoms with Crippen LogP contribution < -0.4 is 15.4 Å². The van der Waals surface area contributed by atoms with Gasteiger partial charge in [-0.3, -0.25) is 4.68 Å². The lowest BCUT2D eigenvalue weighted by atomic mass is 10.2. The molecule has 0 spiro atoms. The number of thiocarbonyl (C=S) groups is 1. The fraction of sp³-hybridized carbons (Fsp3) is 0.200. The Labute approximate surface area is 171 Å². The normalized spacial score (nSPS) is 10.8. The highest BCUT2D eigenvalue weighted by atomic mass is 32.1. The third kappa shape index (κ3) is 5.26. The maximum absolute atomic E-state index is 13.4. The Bertz CT molecular complexity index is 1020. The number of hydrogen-bond donors (Lipinski definition) is 2. The Kier molecular flexibility index (Phi) is 6.38. The summed E-state index contributed by atoms with van der Waals surface area (Å²) in [6, 6.07) is 12.6. The number of ether oxygens (including phenoxy) is 1. The van der Waals surface area contributed by atoms with Crippen LogP contribution >= 0.6 is 12.2 Å². The molecule has 2 N–H and O–H groups in total. The minimum atomic E-state index is -2.94. The first-order valence-corrected chi connectivity index (χ1v) is 9.14. The van der Waals surface area contributed by atoms with Crippen molar-refractivity contribution in [1.29, 1.82) is 0 Å². The van der Waals surface area contributed by atoms with Gasteiger partial charge < -0.3 is 15.4 Å². The number of benzene rings is 2. The standard InChI is InChI=1S/C20H19F3N4OS/c1-12-18(13(2)27(26-12)11-14-6-5-7-15(21)10-14)25-20(29)24-16-8-3-4-9-17(16)28-19(22)23/h3-10,19H,11H2,1-2H3,(H2,24,25,29). The Morgan fingerprint density at radius 2 is 1.90 bits per heavy atom. The van der Waals surface area contributed by atoms with Crippen molar-refractivity contribution in [1.82, 2.24) is 9.78 Å². The number of alkyl halides is 2. The Morgan fingerprint density at radius 3 is 2.62 bits per heavy atom. The Morgan fingerprint density at radius 1 is 1.14 bits per heavy atom. The van der Waals surface area contributed by atoms with E-state index in [4.69, 9.17) is 12.2 Å². The molecule has 0 amide bonds. The van der Waals surface area contributed by atoms with E-state index in [0.717, 1.165) is 11.3 Å². The first-order chi connectivity index (χ1) is 13.8. The molecule has 0 saturated carbocycles. The van der Waals surface area contributed by atoms with Crippen LogP contribution in [0.4, 0.5) is 24.5 Å². The molecule has 9 heteroatoms. The van der Waals surface area contributed by atoms with Gasteiger partial charge in [-0.15, -0.1) is 0 Å². The number of anilines is 2. The number of rotatable bonds is 6. The molecule has 1 heterocycles. The minimum Gasteiger partial charge on any atom is -0.433 e. The van der Waals surface area contributed by atoms with Gasteiger partial charge in [0.1, 0.15) is 11.6 Å². The van der Waals surface area contributed by atoms with Crippen LogP contribution in [-0.4, -0.2) is 21.5 Å². The molecule has 3 rings (SSSR count). The number of hydrogen-bond acceptors (Lipinski definition) is 3. The molecule has 3 aromatic rings. The van der Waals surface area contributed by atoms with Gasteiger partial charge in [-0.05, 0) is 55.9 Å². The minimum absolute atomic E-state index is 0.0121. The molecule has 0 aliphatic carbocycles. The lowest BCUT2D eigenvalue weighted by molar-refractivity contribution is -0.0493. The number of aromatic nitrogens is 2. The maximum Gasteiger partial charge on any atom is 0.387 e. The van der Waals surface area contributed by atoms with Gasteiger partial charge in [0.25, 0.3) is 0 Å². The predicted molar refractivity (Wildman–Crippen MR) is 110 cm³/mol. The third-order valence-corrected chi connectivity index (χ3v) is 4.40. The second-order valence-electron chi connectivity index (χ2n) is 6.29. The SMILES string of the molecule is Cc1nn(Cc2cccc(F)c2)c(C)c1NC(=S)Nc1ccccc1OC(F)F. The summed E-state index contributed by atoms with van der Waals surface area (Å²) >= 11 is 5.31. The monoisotopic (exact) mass is 420 g/mol. The number of nitrogens with zero attached hydrogens (tertiary/aromatic N) is 2. The average molecular weight is 420 g/mol. The van der Waals surface area contributed by atoms with Gasteiger partial charge in [0.05, 0.1) is 29.3 Å². The summed E-state index contributed by atoms with van der Waals surface area (Å²) in [6.45, 7) is 1.13. The van der Waals surface area contributed by atoms with Gasteiger partial charge in [0.2, 0.25) is 0 Å². The second kappa shape index (κ2) is 8.95. The molecule has 2 aromatic carbocycles. The number of para-hydroxylation sites is 2. The van der Waals surface area contributed by atoms with E-state index in [1.807, 2.05) is 19.9 Å². The number of aryl methyl sites for hydroxylation is 1. The summed E-state index contributed by atoms with van der Waals surface area (Å²) in [5.41, 5.74) is 3.27. The zero-order valence-electron chi connectivity index (χ0n) is 15.7. The van der Waals surface area contributed by atoms with E-state index >= 15 is 0 Å². The highest BCUT2D eigenvalue weighted by Gasteiger charge is 2.15. The van der Waals surface area contributed by atoms with Gasteiger partial charge in [0.15, 0.2) is 5.11 Å². The van der Waals surface area contributed by atoms with Crippen molar-refractivity contribution in [3.63, 3.8) is 0 Å². The fourth-order valence-electron chi connectivity index (χ4n) is 2.88. The van der Waals surface area contributed by atoms with Crippen molar-refractivity contribution >= 4 is 28.7 Å². The van der Waals surface area contributed by atoms with Crippen molar-refractivity contribution in [3.8, 4) is 5.75 Å². The second-order valence-corrected chi connectivity index (χ2v) is 6.70. The number of nitrogens with one attached hydrogen (secondary N) is 2. The Hall–Kier alpha value is -3.07. The van der Waals surface area contributed by atoms with Crippen LogP contribution in [0.25, 0.3) is 0 Å². The van der Waals surface area contributed by atoms with Crippen molar-refractivity contribution < 1.29 is 17.9 Å². The summed E-state index contributed by atoms with van der Waals surface area (Å²) in [4.78, 5) is 0. The molecule has 0 saturated heterocycles. The molecule has 0 radical (unpaired) electrons. The molecule has 152 valence electrons. The van der Waals surface area contributed by atoms with Crippen molar-refractivity contribution in [2.75, 3.05) is 10.6 Å². The van der Waals surface area contributed by atoms with E-state index in [-0.39, 0.29) is 16.7 Å². The fourth-order valence-corrected chi connectivity index (χ4v) is 3.09. The molecule has 0 fully saturated rings. The number of halogens is 3. The molecular formula is C20H19F3N4OS. The van der Waals surface area contributed by atoms with Crippen LogP contribution in [0, 0.1) is 19.7 Å². The largest absolute Gasteiger partial charge is 0.433 e. The first kappa shape index (κ1) is 20.7. The van der Waals surface area contributed by atoms with E-state index in [0.29, 0.717) is 23.6 Å². The van der Waals surface area contributed by atoms with E-state index < -0.39 is 6.61 Å².